The van der Waals surface area contributed by atoms with E-state index in [4.69, 9.17) is 22.1 Å². The average Bonchev–Trinajstić information content (AvgIpc) is 3.04. The van der Waals surface area contributed by atoms with Crippen LogP contribution in [0.3, 0.4) is 0 Å². The third kappa shape index (κ3) is 5.77. The maximum atomic E-state index is 13.3. The van der Waals surface area contributed by atoms with Crippen LogP contribution < -0.4 is 10.5 Å². The second-order valence-electron chi connectivity index (χ2n) is 8.80. The lowest BCUT2D eigenvalue weighted by Crippen LogP contribution is -2.48. The molecule has 1 N–H and O–H groups in total. The lowest BCUT2D eigenvalue weighted by Gasteiger charge is -2.39. The van der Waals surface area contributed by atoms with Gasteiger partial charge in [0.05, 0.1) is 17.1 Å². The monoisotopic (exact) mass is 518 g/mol. The van der Waals surface area contributed by atoms with Gasteiger partial charge in [-0.15, -0.1) is 0 Å². The van der Waals surface area contributed by atoms with E-state index in [0.717, 1.165) is 11.8 Å². The highest BCUT2D eigenvalue weighted by molar-refractivity contribution is 8.26. The molecule has 188 valence electrons. The number of ether oxygens (including phenoxy) is 1. The summed E-state index contributed by atoms with van der Waals surface area (Å²) in [6.45, 7) is 9.43. The van der Waals surface area contributed by atoms with Crippen LogP contribution in [0.1, 0.15) is 56.7 Å². The maximum Gasteiger partial charge on any atom is 0.303 e. The predicted octanol–water partition coefficient (Wildman–Crippen LogP) is 3.12. The minimum absolute atomic E-state index is 0.0553. The van der Waals surface area contributed by atoms with E-state index in [-0.39, 0.29) is 42.2 Å². The lowest BCUT2D eigenvalue weighted by atomic mass is 10.0. The van der Waals surface area contributed by atoms with Gasteiger partial charge in [-0.25, -0.2) is 0 Å². The lowest BCUT2D eigenvalue weighted by molar-refractivity contribution is -0.137. The molecule has 2 unspecified atom stereocenters. The van der Waals surface area contributed by atoms with E-state index in [0.29, 0.717) is 58.6 Å². The molecule has 9 nitrogen and oxygen atoms in total. The largest absolute Gasteiger partial charge is 0.481 e. The van der Waals surface area contributed by atoms with E-state index < -0.39 is 5.97 Å². The van der Waals surface area contributed by atoms with E-state index in [1.165, 1.54) is 4.90 Å². The van der Waals surface area contributed by atoms with Gasteiger partial charge in [0.1, 0.15) is 21.8 Å². The number of thiocarbonyl (C=S) groups is 1. The number of carbonyl (C=O) groups is 2. The fourth-order valence-electron chi connectivity index (χ4n) is 4.48. The Hall–Kier alpha value is -2.68. The van der Waals surface area contributed by atoms with Crippen LogP contribution in [0.2, 0.25) is 0 Å². The highest BCUT2D eigenvalue weighted by Gasteiger charge is 2.34. The fourth-order valence-corrected chi connectivity index (χ4v) is 5.77. The van der Waals surface area contributed by atoms with Gasteiger partial charge in [-0.1, -0.05) is 30.9 Å². The normalized spacial score (nSPS) is 21.6. The van der Waals surface area contributed by atoms with Gasteiger partial charge in [0.15, 0.2) is 0 Å². The minimum atomic E-state index is -0.928. The summed E-state index contributed by atoms with van der Waals surface area (Å²) in [4.78, 5) is 41.2. The molecular formula is C24H30N4O5S2. The zero-order valence-corrected chi connectivity index (χ0v) is 22.0. The van der Waals surface area contributed by atoms with Crippen molar-refractivity contribution in [1.29, 1.82) is 5.26 Å². The molecule has 2 aliphatic rings. The van der Waals surface area contributed by atoms with Crippen molar-refractivity contribution in [2.24, 2.45) is 0 Å². The van der Waals surface area contributed by atoms with E-state index >= 15 is 0 Å². The fraction of sp³-hybridized carbons (Fsp3) is 0.542. The first-order valence-electron chi connectivity index (χ1n) is 11.6. The molecule has 2 fully saturated rings. The predicted molar refractivity (Wildman–Crippen MR) is 139 cm³/mol. The number of thioether (sulfide) groups is 1. The molecule has 35 heavy (non-hydrogen) atoms. The Balaban J connectivity index is 2.14. The third-order valence-corrected chi connectivity index (χ3v) is 7.31. The van der Waals surface area contributed by atoms with Gasteiger partial charge in [-0.05, 0) is 45.3 Å². The first kappa shape index (κ1) is 26.9. The quantitative estimate of drug-likeness (QED) is 0.409. The number of amides is 1. The topological polar surface area (TPSA) is 116 Å². The SMILES string of the molecule is CCCn1c(N2CC(C)OC(C)C2)c(C=C2SC(=S)N(CCCC(=O)O)C2=O)c(C)c(C#N)c1=O. The van der Waals surface area contributed by atoms with Crippen molar-refractivity contribution in [3.05, 3.63) is 31.9 Å². The number of carbonyl (C=O) groups excluding carboxylic acids is 1. The van der Waals surface area contributed by atoms with Crippen molar-refractivity contribution >= 4 is 52.1 Å². The van der Waals surface area contributed by atoms with Crippen molar-refractivity contribution in [2.75, 3.05) is 24.5 Å². The highest BCUT2D eigenvalue weighted by atomic mass is 32.2. The average molecular weight is 519 g/mol. The second-order valence-corrected chi connectivity index (χ2v) is 10.5. The smallest absolute Gasteiger partial charge is 0.303 e. The van der Waals surface area contributed by atoms with Gasteiger partial charge in [-0.3, -0.25) is 23.9 Å². The number of hydrogen-bond acceptors (Lipinski definition) is 8. The Morgan fingerprint density at radius 1 is 1.29 bits per heavy atom. The van der Waals surface area contributed by atoms with Crippen LogP contribution in [-0.4, -0.2) is 62.6 Å². The number of rotatable bonds is 8. The maximum absolute atomic E-state index is 13.3. The standard InChI is InChI=1S/C24H30N4O5S2/c1-5-8-27-21(26-12-14(2)33-15(3)13-26)17(16(4)18(11-25)22(27)31)10-19-23(32)28(24(34)35-19)9-6-7-20(29)30/h10,14-15H,5-9,12-13H2,1-4H3,(H,29,30). The van der Waals surface area contributed by atoms with Gasteiger partial charge >= 0.3 is 5.97 Å². The number of anilines is 1. The van der Waals surface area contributed by atoms with E-state index in [9.17, 15) is 19.6 Å². The van der Waals surface area contributed by atoms with E-state index in [1.54, 1.807) is 17.6 Å². The summed E-state index contributed by atoms with van der Waals surface area (Å²) in [6, 6.07) is 2.05. The van der Waals surface area contributed by atoms with Crippen molar-refractivity contribution in [3.8, 4) is 6.07 Å². The molecule has 3 rings (SSSR count). The molecular weight excluding hydrogens is 488 g/mol. The minimum Gasteiger partial charge on any atom is -0.481 e. The van der Waals surface area contributed by atoms with Gasteiger partial charge in [0.25, 0.3) is 11.5 Å². The van der Waals surface area contributed by atoms with Gasteiger partial charge < -0.3 is 14.7 Å². The van der Waals surface area contributed by atoms with E-state index in [2.05, 4.69) is 11.0 Å². The van der Waals surface area contributed by atoms with Crippen molar-refractivity contribution in [1.82, 2.24) is 9.47 Å². The first-order valence-corrected chi connectivity index (χ1v) is 12.9. The summed E-state index contributed by atoms with van der Waals surface area (Å²) in [5.41, 5.74) is 0.872. The molecule has 0 bridgehead atoms. The Morgan fingerprint density at radius 2 is 1.94 bits per heavy atom. The molecule has 1 aromatic rings. The van der Waals surface area contributed by atoms with E-state index in [1.807, 2.05) is 20.8 Å². The number of carboxylic acids is 1. The zero-order valence-electron chi connectivity index (χ0n) is 20.4. The van der Waals surface area contributed by atoms with Gasteiger partial charge in [0, 0.05) is 38.2 Å². The Labute approximate surface area is 214 Å². The third-order valence-electron chi connectivity index (χ3n) is 5.93. The number of carboxylic acid groups (broad SMARTS) is 1. The zero-order chi connectivity index (χ0) is 25.9. The number of nitrogens with zero attached hydrogens (tertiary/aromatic N) is 4. The van der Waals surface area contributed by atoms with Crippen molar-refractivity contribution in [2.45, 2.75) is 65.7 Å². The summed E-state index contributed by atoms with van der Waals surface area (Å²) >= 11 is 6.54. The van der Waals surface area contributed by atoms with Gasteiger partial charge in [-0.2, -0.15) is 5.26 Å². The van der Waals surface area contributed by atoms with Crippen LogP contribution >= 0.6 is 24.0 Å². The highest BCUT2D eigenvalue weighted by Crippen LogP contribution is 2.36. The molecule has 0 spiro atoms. The number of morpholine rings is 1. The molecule has 3 heterocycles. The Bertz CT molecular complexity index is 1160. The molecule has 0 aliphatic carbocycles. The Morgan fingerprint density at radius 3 is 2.51 bits per heavy atom. The summed E-state index contributed by atoms with van der Waals surface area (Å²) in [6.07, 6.45) is 2.54. The number of aromatic nitrogens is 1. The molecule has 0 radical (unpaired) electrons. The number of pyridine rings is 1. The molecule has 1 amide bonds. The summed E-state index contributed by atoms with van der Waals surface area (Å²) in [5, 5.41) is 18.7. The van der Waals surface area contributed by atoms with Crippen LogP contribution in [0.5, 0.6) is 0 Å². The number of hydrogen-bond donors (Lipinski definition) is 1. The van der Waals surface area contributed by atoms with Crippen LogP contribution in [0.25, 0.3) is 6.08 Å². The van der Waals surface area contributed by atoms with Crippen LogP contribution in [-0.2, 0) is 20.9 Å². The summed E-state index contributed by atoms with van der Waals surface area (Å²) in [7, 11) is 0. The molecule has 2 saturated heterocycles. The van der Waals surface area contributed by atoms with Crippen LogP contribution in [0.4, 0.5) is 5.82 Å². The summed E-state index contributed by atoms with van der Waals surface area (Å²) < 4.78 is 7.89. The molecule has 0 saturated carbocycles. The Kier molecular flexibility index (Phi) is 8.74. The van der Waals surface area contributed by atoms with Crippen LogP contribution in [0.15, 0.2) is 9.70 Å². The van der Waals surface area contributed by atoms with Gasteiger partial charge in [0.2, 0.25) is 0 Å². The summed E-state index contributed by atoms with van der Waals surface area (Å²) in [5.74, 6) is -0.555. The number of nitriles is 1. The first-order chi connectivity index (χ1) is 16.6. The molecule has 2 atom stereocenters. The number of aliphatic carboxylic acids is 1. The molecule has 2 aliphatic heterocycles. The molecule has 11 heteroatoms. The van der Waals surface area contributed by atoms with Crippen LogP contribution in [0, 0.1) is 18.3 Å². The van der Waals surface area contributed by atoms with Crippen molar-refractivity contribution < 1.29 is 19.4 Å². The second kappa shape index (κ2) is 11.4. The molecule has 1 aromatic heterocycles. The molecule has 0 aromatic carbocycles. The van der Waals surface area contributed by atoms with Crippen molar-refractivity contribution in [3.63, 3.8) is 0 Å².